The van der Waals surface area contributed by atoms with E-state index in [-0.39, 0.29) is 23.9 Å². The van der Waals surface area contributed by atoms with Gasteiger partial charge in [-0.3, -0.25) is 4.79 Å². The average molecular weight is 312 g/mol. The van der Waals surface area contributed by atoms with Crippen LogP contribution in [0, 0.1) is 5.41 Å². The van der Waals surface area contributed by atoms with Crippen molar-refractivity contribution in [3.05, 3.63) is 0 Å². The van der Waals surface area contributed by atoms with Gasteiger partial charge < -0.3 is 20.1 Å². The lowest BCUT2D eigenvalue weighted by Gasteiger charge is -2.52. The summed E-state index contributed by atoms with van der Waals surface area (Å²) in [5.74, 6) is -0.234. The molecule has 0 bridgehead atoms. The van der Waals surface area contributed by atoms with Crippen LogP contribution in [-0.2, 0) is 14.3 Å². The Morgan fingerprint density at radius 2 is 1.91 bits per heavy atom. The third kappa shape index (κ3) is 3.91. The summed E-state index contributed by atoms with van der Waals surface area (Å²) < 4.78 is 10.4. The molecule has 0 aromatic heterocycles. The number of esters is 1. The lowest BCUT2D eigenvalue weighted by Crippen LogP contribution is -2.60. The van der Waals surface area contributed by atoms with Crippen molar-refractivity contribution in [2.24, 2.45) is 11.1 Å². The third-order valence-corrected chi connectivity index (χ3v) is 4.35. The minimum Gasteiger partial charge on any atom is -0.466 e. The Bertz CT molecular complexity index is 450. The smallest absolute Gasteiger partial charge is 0.410 e. The van der Waals surface area contributed by atoms with E-state index in [1.54, 1.807) is 11.8 Å². The van der Waals surface area contributed by atoms with Crippen molar-refractivity contribution >= 4 is 12.1 Å². The summed E-state index contributed by atoms with van der Waals surface area (Å²) in [7, 11) is 0. The molecule has 22 heavy (non-hydrogen) atoms. The number of carbonyl (C=O) groups is 2. The van der Waals surface area contributed by atoms with Crippen LogP contribution in [0.3, 0.4) is 0 Å². The highest BCUT2D eigenvalue weighted by Crippen LogP contribution is 2.54. The number of ether oxygens (including phenoxy) is 2. The number of hydrogen-bond donors (Lipinski definition) is 1. The van der Waals surface area contributed by atoms with Gasteiger partial charge in [0.15, 0.2) is 0 Å². The molecule has 0 unspecified atom stereocenters. The molecule has 1 heterocycles. The van der Waals surface area contributed by atoms with Gasteiger partial charge in [-0.15, -0.1) is 0 Å². The molecule has 0 radical (unpaired) electrons. The van der Waals surface area contributed by atoms with E-state index >= 15 is 0 Å². The topological polar surface area (TPSA) is 81.9 Å². The van der Waals surface area contributed by atoms with Crippen molar-refractivity contribution in [1.82, 2.24) is 4.90 Å². The van der Waals surface area contributed by atoms with Gasteiger partial charge in [-0.05, 0) is 52.4 Å². The Morgan fingerprint density at radius 3 is 2.45 bits per heavy atom. The molecule has 6 heteroatoms. The number of rotatable bonds is 3. The molecule has 2 aliphatic rings. The Kier molecular flexibility index (Phi) is 4.44. The molecular weight excluding hydrogens is 284 g/mol. The molecule has 0 aromatic rings. The summed E-state index contributed by atoms with van der Waals surface area (Å²) in [4.78, 5) is 25.5. The van der Waals surface area contributed by atoms with Gasteiger partial charge in [0.25, 0.3) is 0 Å². The van der Waals surface area contributed by atoms with Crippen LogP contribution >= 0.6 is 0 Å². The maximum atomic E-state index is 12.1. The molecule has 0 aromatic carbocycles. The highest BCUT2D eigenvalue weighted by Gasteiger charge is 2.56. The average Bonchev–Trinajstić information content (AvgIpc) is 2.70. The highest BCUT2D eigenvalue weighted by atomic mass is 16.6. The molecule has 1 spiro atoms. The number of nitrogens with two attached hydrogens (primary N) is 1. The Labute approximate surface area is 132 Å². The Morgan fingerprint density at radius 1 is 1.27 bits per heavy atom. The van der Waals surface area contributed by atoms with Crippen LogP contribution in [0.15, 0.2) is 0 Å². The Balaban J connectivity index is 1.85. The van der Waals surface area contributed by atoms with Crippen LogP contribution in [0.2, 0.25) is 0 Å². The van der Waals surface area contributed by atoms with E-state index in [4.69, 9.17) is 15.2 Å². The second-order valence-electron chi connectivity index (χ2n) is 7.85. The molecule has 2 N–H and O–H groups in total. The lowest BCUT2D eigenvalue weighted by atomic mass is 9.56. The van der Waals surface area contributed by atoms with Crippen LogP contribution in [0.1, 0.15) is 53.4 Å². The monoisotopic (exact) mass is 312 g/mol. The van der Waals surface area contributed by atoms with Crippen LogP contribution < -0.4 is 5.73 Å². The third-order valence-electron chi connectivity index (χ3n) is 4.35. The first-order valence-electron chi connectivity index (χ1n) is 7.99. The van der Waals surface area contributed by atoms with Crippen molar-refractivity contribution in [3.8, 4) is 0 Å². The highest BCUT2D eigenvalue weighted by molar-refractivity contribution is 5.71. The van der Waals surface area contributed by atoms with Gasteiger partial charge in [0.05, 0.1) is 13.0 Å². The van der Waals surface area contributed by atoms with Gasteiger partial charge in [0, 0.05) is 18.6 Å². The minimum absolute atomic E-state index is 0.0537. The summed E-state index contributed by atoms with van der Waals surface area (Å²) in [6.45, 7) is 9.14. The fourth-order valence-corrected chi connectivity index (χ4v) is 3.77. The molecule has 0 atom stereocenters. The second-order valence-corrected chi connectivity index (χ2v) is 7.85. The molecule has 6 nitrogen and oxygen atoms in total. The van der Waals surface area contributed by atoms with Crippen molar-refractivity contribution in [2.45, 2.75) is 64.5 Å². The van der Waals surface area contributed by atoms with Crippen LogP contribution in [0.25, 0.3) is 0 Å². The maximum Gasteiger partial charge on any atom is 0.410 e. The molecule has 126 valence electrons. The summed E-state index contributed by atoms with van der Waals surface area (Å²) >= 11 is 0. The lowest BCUT2D eigenvalue weighted by molar-refractivity contribution is -0.147. The van der Waals surface area contributed by atoms with Crippen LogP contribution in [0.5, 0.6) is 0 Å². The molecule has 2 fully saturated rings. The zero-order valence-electron chi connectivity index (χ0n) is 14.1. The summed E-state index contributed by atoms with van der Waals surface area (Å²) in [6.07, 6.45) is 2.45. The molecular formula is C16H28N2O4. The normalized spacial score (nSPS) is 31.0. The minimum atomic E-state index is -0.478. The predicted molar refractivity (Wildman–Crippen MR) is 82.3 cm³/mol. The van der Waals surface area contributed by atoms with Crippen molar-refractivity contribution < 1.29 is 19.1 Å². The molecule has 1 saturated heterocycles. The van der Waals surface area contributed by atoms with Gasteiger partial charge in [-0.1, -0.05) is 0 Å². The molecule has 2 rings (SSSR count). The van der Waals surface area contributed by atoms with Gasteiger partial charge in [-0.2, -0.15) is 0 Å². The van der Waals surface area contributed by atoms with Gasteiger partial charge in [-0.25, -0.2) is 4.79 Å². The second kappa shape index (κ2) is 5.72. The van der Waals surface area contributed by atoms with Crippen molar-refractivity contribution in [3.63, 3.8) is 0 Å². The Hall–Kier alpha value is -1.30. The number of hydrogen-bond acceptors (Lipinski definition) is 5. The molecule has 1 amide bonds. The van der Waals surface area contributed by atoms with Gasteiger partial charge >= 0.3 is 12.1 Å². The fraction of sp³-hybridized carbons (Fsp3) is 0.875. The van der Waals surface area contributed by atoms with E-state index in [2.05, 4.69) is 0 Å². The van der Waals surface area contributed by atoms with Gasteiger partial charge in [0.1, 0.15) is 5.60 Å². The first-order chi connectivity index (χ1) is 10.1. The largest absolute Gasteiger partial charge is 0.466 e. The molecule has 1 aliphatic heterocycles. The van der Waals surface area contributed by atoms with Crippen LogP contribution in [0.4, 0.5) is 4.79 Å². The number of likely N-dealkylation sites (tertiary alicyclic amines) is 1. The summed E-state index contributed by atoms with van der Waals surface area (Å²) in [5.41, 5.74) is 5.38. The number of nitrogens with zero attached hydrogens (tertiary/aromatic N) is 1. The van der Waals surface area contributed by atoms with Gasteiger partial charge in [0.2, 0.25) is 0 Å². The zero-order chi connectivity index (χ0) is 16.6. The first kappa shape index (κ1) is 17.1. The van der Waals surface area contributed by atoms with Crippen molar-refractivity contribution in [1.29, 1.82) is 0 Å². The summed E-state index contributed by atoms with van der Waals surface area (Å²) in [6, 6.07) is 0. The molecule has 1 saturated carbocycles. The zero-order valence-corrected chi connectivity index (χ0v) is 14.1. The fourth-order valence-electron chi connectivity index (χ4n) is 3.77. The maximum absolute atomic E-state index is 12.1. The van der Waals surface area contributed by atoms with Crippen molar-refractivity contribution in [2.75, 3.05) is 19.7 Å². The van der Waals surface area contributed by atoms with E-state index in [1.807, 2.05) is 20.8 Å². The predicted octanol–water partition coefficient (Wildman–Crippen LogP) is 2.06. The van der Waals surface area contributed by atoms with Crippen LogP contribution in [-0.4, -0.2) is 47.8 Å². The van der Waals surface area contributed by atoms with E-state index in [9.17, 15) is 9.59 Å². The molecule has 1 aliphatic carbocycles. The summed E-state index contributed by atoms with van der Waals surface area (Å²) in [5, 5.41) is 0. The quantitative estimate of drug-likeness (QED) is 0.807. The first-order valence-corrected chi connectivity index (χ1v) is 7.99. The van der Waals surface area contributed by atoms with E-state index < -0.39 is 11.1 Å². The number of amides is 1. The SMILES string of the molecule is CCOC(=O)CC1(N)CC2(CCN(C(=O)OC(C)(C)C)C2)C1. The standard InChI is InChI=1S/C16H28N2O4/c1-5-21-12(19)8-16(17)9-15(10-16)6-7-18(11-15)13(20)22-14(2,3)4/h5-11,17H2,1-4H3. The number of carbonyl (C=O) groups excluding carboxylic acids is 2. The van der Waals surface area contributed by atoms with E-state index in [0.29, 0.717) is 19.7 Å². The van der Waals surface area contributed by atoms with E-state index in [1.165, 1.54) is 0 Å². The van der Waals surface area contributed by atoms with E-state index in [0.717, 1.165) is 19.3 Å².